The van der Waals surface area contributed by atoms with Crippen molar-refractivity contribution in [3.05, 3.63) is 66.1 Å². The van der Waals surface area contributed by atoms with Crippen LogP contribution in [0.1, 0.15) is 25.3 Å². The first-order valence-electron chi connectivity index (χ1n) is 9.92. The van der Waals surface area contributed by atoms with Gasteiger partial charge in [-0.05, 0) is 31.0 Å². The van der Waals surface area contributed by atoms with Crippen molar-refractivity contribution < 1.29 is 17.7 Å². The van der Waals surface area contributed by atoms with Gasteiger partial charge in [0.25, 0.3) is 0 Å². The summed E-state index contributed by atoms with van der Waals surface area (Å²) in [6, 6.07) is 15.6. The van der Waals surface area contributed by atoms with Crippen LogP contribution in [0.2, 0.25) is 0 Å². The summed E-state index contributed by atoms with van der Waals surface area (Å²) in [5, 5.41) is 3.95. The Balaban J connectivity index is 1.77. The van der Waals surface area contributed by atoms with E-state index in [1.165, 1.54) is 4.90 Å². The second kappa shape index (κ2) is 9.30. The lowest BCUT2D eigenvalue weighted by atomic mass is 10.1. The zero-order valence-corrected chi connectivity index (χ0v) is 18.8. The molecule has 1 atom stereocenters. The summed E-state index contributed by atoms with van der Waals surface area (Å²) in [5.74, 6) is 0.308. The fraction of sp³-hybridized carbons (Fsp3) is 0.318. The number of amides is 1. The number of benzene rings is 2. The molecule has 0 N–H and O–H groups in total. The van der Waals surface area contributed by atoms with Gasteiger partial charge in [0.1, 0.15) is 6.04 Å². The summed E-state index contributed by atoms with van der Waals surface area (Å²) in [6.45, 7) is 3.65. The molecule has 0 saturated heterocycles. The van der Waals surface area contributed by atoms with Crippen molar-refractivity contribution in [3.8, 4) is 11.4 Å². The normalized spacial score (nSPS) is 12.4. The summed E-state index contributed by atoms with van der Waals surface area (Å²) in [6.07, 6.45) is 1.93. The second-order valence-electron chi connectivity index (χ2n) is 7.33. The zero-order chi connectivity index (χ0) is 22.6. The first kappa shape index (κ1) is 22.5. The van der Waals surface area contributed by atoms with Gasteiger partial charge in [0.15, 0.2) is 0 Å². The number of hydrogen-bond acceptors (Lipinski definition) is 6. The highest BCUT2D eigenvalue weighted by Gasteiger charge is 2.31. The Morgan fingerprint density at radius 1 is 1.10 bits per heavy atom. The minimum atomic E-state index is -3.69. The van der Waals surface area contributed by atoms with Crippen LogP contribution in [-0.4, -0.2) is 48.7 Å². The molecule has 3 rings (SSSR count). The lowest BCUT2D eigenvalue weighted by molar-refractivity contribution is -0.131. The number of hydrogen-bond donors (Lipinski definition) is 0. The highest BCUT2D eigenvalue weighted by Crippen LogP contribution is 2.23. The molecular weight excluding hydrogens is 416 g/mol. The van der Waals surface area contributed by atoms with E-state index < -0.39 is 16.1 Å². The molecule has 164 valence electrons. The number of nitrogens with zero attached hydrogens (tertiary/aromatic N) is 4. The highest BCUT2D eigenvalue weighted by molar-refractivity contribution is 7.92. The minimum Gasteiger partial charge on any atom is -0.337 e. The molecule has 1 aromatic heterocycles. The summed E-state index contributed by atoms with van der Waals surface area (Å²) in [5.41, 5.74) is 2.33. The van der Waals surface area contributed by atoms with Crippen LogP contribution in [0, 0.1) is 0 Å². The average molecular weight is 443 g/mol. The third-order valence-electron chi connectivity index (χ3n) is 4.91. The van der Waals surface area contributed by atoms with E-state index in [2.05, 4.69) is 10.1 Å². The van der Waals surface area contributed by atoms with Gasteiger partial charge in [-0.2, -0.15) is 4.98 Å². The number of anilines is 1. The molecule has 0 radical (unpaired) electrons. The number of aromatic nitrogens is 2. The molecular formula is C22H26N4O4S. The molecule has 0 aliphatic heterocycles. The van der Waals surface area contributed by atoms with E-state index in [-0.39, 0.29) is 18.3 Å². The number of carbonyl (C=O) groups is 1. The number of aryl methyl sites for hydroxylation is 1. The van der Waals surface area contributed by atoms with Gasteiger partial charge >= 0.3 is 0 Å². The van der Waals surface area contributed by atoms with E-state index in [0.29, 0.717) is 11.5 Å². The van der Waals surface area contributed by atoms with E-state index in [1.54, 1.807) is 26.1 Å². The van der Waals surface area contributed by atoms with E-state index in [9.17, 15) is 13.2 Å². The Hall–Kier alpha value is -3.20. The lowest BCUT2D eigenvalue weighted by Crippen LogP contribution is -2.48. The third-order valence-corrected chi connectivity index (χ3v) is 6.16. The van der Waals surface area contributed by atoms with Gasteiger partial charge in [-0.25, -0.2) is 8.42 Å². The number of carbonyl (C=O) groups excluding carboxylic acids is 1. The molecule has 8 nitrogen and oxygen atoms in total. The van der Waals surface area contributed by atoms with Gasteiger partial charge in [0.05, 0.1) is 18.5 Å². The zero-order valence-electron chi connectivity index (χ0n) is 18.0. The van der Waals surface area contributed by atoms with Crippen molar-refractivity contribution in [2.75, 3.05) is 17.6 Å². The molecule has 0 spiro atoms. The molecule has 1 unspecified atom stereocenters. The number of rotatable bonds is 8. The van der Waals surface area contributed by atoms with Crippen LogP contribution in [0.25, 0.3) is 11.4 Å². The van der Waals surface area contributed by atoms with E-state index >= 15 is 0 Å². The monoisotopic (exact) mass is 442 g/mol. The molecule has 3 aromatic rings. The molecule has 9 heteroatoms. The highest BCUT2D eigenvalue weighted by atomic mass is 32.2. The smallest absolute Gasteiger partial charge is 0.246 e. The van der Waals surface area contributed by atoms with Crippen molar-refractivity contribution in [3.63, 3.8) is 0 Å². The molecule has 0 fully saturated rings. The Morgan fingerprint density at radius 2 is 1.74 bits per heavy atom. The van der Waals surface area contributed by atoms with Crippen molar-refractivity contribution in [1.82, 2.24) is 15.0 Å². The molecule has 1 amide bonds. The SMILES string of the molecule is CCc1ccc(N(C(C)C(=O)N(C)Cc2nc(-c3ccccc3)no2)S(C)(=O)=O)cc1. The second-order valence-corrected chi connectivity index (χ2v) is 9.19. The maximum atomic E-state index is 13.0. The first-order valence-corrected chi connectivity index (χ1v) is 11.8. The standard InChI is InChI=1S/C22H26N4O4S/c1-5-17-11-13-19(14-12-17)26(31(4,28)29)16(2)22(27)25(3)15-20-23-21(24-30-20)18-9-7-6-8-10-18/h6-14,16H,5,15H2,1-4H3. The van der Waals surface area contributed by atoms with E-state index in [4.69, 9.17) is 4.52 Å². The largest absolute Gasteiger partial charge is 0.337 e. The van der Waals surface area contributed by atoms with Crippen LogP contribution in [0.5, 0.6) is 0 Å². The Kier molecular flexibility index (Phi) is 6.74. The van der Waals surface area contributed by atoms with E-state index in [0.717, 1.165) is 28.1 Å². The van der Waals surface area contributed by atoms with Gasteiger partial charge < -0.3 is 9.42 Å². The molecule has 2 aromatic carbocycles. The predicted octanol–water partition coefficient (Wildman–Crippen LogP) is 3.11. The van der Waals surface area contributed by atoms with Gasteiger partial charge in [-0.15, -0.1) is 0 Å². The van der Waals surface area contributed by atoms with Crippen LogP contribution in [0.15, 0.2) is 59.1 Å². The van der Waals surface area contributed by atoms with Crippen molar-refractivity contribution >= 4 is 21.6 Å². The lowest BCUT2D eigenvalue weighted by Gasteiger charge is -2.30. The van der Waals surface area contributed by atoms with Crippen LogP contribution in [0.3, 0.4) is 0 Å². The Morgan fingerprint density at radius 3 is 2.32 bits per heavy atom. The summed E-state index contributed by atoms with van der Waals surface area (Å²) in [7, 11) is -2.11. The number of sulfonamides is 1. The molecule has 0 aliphatic rings. The van der Waals surface area contributed by atoms with Gasteiger partial charge in [-0.3, -0.25) is 9.10 Å². The summed E-state index contributed by atoms with van der Waals surface area (Å²) < 4.78 is 31.4. The van der Waals surface area contributed by atoms with Crippen molar-refractivity contribution in [2.24, 2.45) is 0 Å². The van der Waals surface area contributed by atoms with Crippen LogP contribution >= 0.6 is 0 Å². The maximum Gasteiger partial charge on any atom is 0.246 e. The van der Waals surface area contributed by atoms with Crippen molar-refractivity contribution in [1.29, 1.82) is 0 Å². The topological polar surface area (TPSA) is 96.6 Å². The summed E-state index contributed by atoms with van der Waals surface area (Å²) in [4.78, 5) is 18.7. The molecule has 0 bridgehead atoms. The van der Waals surface area contributed by atoms with E-state index in [1.807, 2.05) is 49.4 Å². The van der Waals surface area contributed by atoms with Crippen LogP contribution in [-0.2, 0) is 27.8 Å². The van der Waals surface area contributed by atoms with Crippen molar-refractivity contribution in [2.45, 2.75) is 32.9 Å². The minimum absolute atomic E-state index is 0.0649. The summed E-state index contributed by atoms with van der Waals surface area (Å²) >= 11 is 0. The van der Waals surface area contributed by atoms with Crippen LogP contribution < -0.4 is 4.31 Å². The fourth-order valence-electron chi connectivity index (χ4n) is 3.30. The molecule has 1 heterocycles. The van der Waals surface area contributed by atoms with Gasteiger partial charge in [0, 0.05) is 12.6 Å². The molecule has 0 saturated carbocycles. The van der Waals surface area contributed by atoms with Gasteiger partial charge in [0.2, 0.25) is 27.6 Å². The average Bonchev–Trinajstić information content (AvgIpc) is 3.22. The molecule has 0 aliphatic carbocycles. The van der Waals surface area contributed by atoms with Crippen LogP contribution in [0.4, 0.5) is 5.69 Å². The number of likely N-dealkylation sites (N-methyl/N-ethyl adjacent to an activating group) is 1. The Labute approximate surface area is 182 Å². The van der Waals surface area contributed by atoms with Gasteiger partial charge in [-0.1, -0.05) is 54.5 Å². The molecule has 31 heavy (non-hydrogen) atoms. The quantitative estimate of drug-likeness (QED) is 0.532. The maximum absolute atomic E-state index is 13.0. The third kappa shape index (κ3) is 5.29. The first-order chi connectivity index (χ1) is 14.7. The Bertz CT molecular complexity index is 1130. The predicted molar refractivity (Wildman–Crippen MR) is 119 cm³/mol. The fourth-order valence-corrected chi connectivity index (χ4v) is 4.47.